The number of halogens is 1. The molecule has 22 heavy (non-hydrogen) atoms. The SMILES string of the molecule is CC(C)(C)N=C(CCN1CCCCC1)Nc1cccc(Cl)c1. The van der Waals surface area contributed by atoms with Crippen molar-refractivity contribution in [3.8, 4) is 0 Å². The first-order chi connectivity index (χ1) is 10.4. The van der Waals surface area contributed by atoms with Crippen molar-refractivity contribution in [2.24, 2.45) is 4.99 Å². The number of likely N-dealkylation sites (tertiary alicyclic amines) is 1. The van der Waals surface area contributed by atoms with Gasteiger partial charge in [-0.15, -0.1) is 0 Å². The molecule has 0 bridgehead atoms. The summed E-state index contributed by atoms with van der Waals surface area (Å²) in [6, 6.07) is 7.83. The minimum absolute atomic E-state index is 0.0805. The molecule has 122 valence electrons. The van der Waals surface area contributed by atoms with Crippen LogP contribution in [0, 0.1) is 0 Å². The van der Waals surface area contributed by atoms with E-state index in [1.807, 2.05) is 24.3 Å². The smallest absolute Gasteiger partial charge is 0.103 e. The summed E-state index contributed by atoms with van der Waals surface area (Å²) >= 11 is 6.07. The van der Waals surface area contributed by atoms with Crippen molar-refractivity contribution in [2.45, 2.75) is 52.0 Å². The zero-order valence-electron chi connectivity index (χ0n) is 14.0. The van der Waals surface area contributed by atoms with Gasteiger partial charge in [0.25, 0.3) is 0 Å². The number of amidine groups is 1. The quantitative estimate of drug-likeness (QED) is 0.635. The molecule has 0 spiro atoms. The van der Waals surface area contributed by atoms with Gasteiger partial charge >= 0.3 is 0 Å². The molecule has 3 nitrogen and oxygen atoms in total. The number of aliphatic imine (C=N–C) groups is 1. The van der Waals surface area contributed by atoms with Crippen molar-refractivity contribution < 1.29 is 0 Å². The van der Waals surface area contributed by atoms with Gasteiger partial charge in [0.05, 0.1) is 5.54 Å². The van der Waals surface area contributed by atoms with Crippen LogP contribution in [0.4, 0.5) is 5.69 Å². The van der Waals surface area contributed by atoms with Crippen molar-refractivity contribution in [1.82, 2.24) is 4.90 Å². The van der Waals surface area contributed by atoms with Crippen LogP contribution in [0.5, 0.6) is 0 Å². The van der Waals surface area contributed by atoms with E-state index in [9.17, 15) is 0 Å². The number of nitrogens with zero attached hydrogens (tertiary/aromatic N) is 2. The Morgan fingerprint density at radius 2 is 1.95 bits per heavy atom. The summed E-state index contributed by atoms with van der Waals surface area (Å²) in [5.74, 6) is 1.04. The molecule has 0 aliphatic carbocycles. The van der Waals surface area contributed by atoms with Gasteiger partial charge < -0.3 is 10.2 Å². The second-order valence-electron chi connectivity index (χ2n) is 7.02. The van der Waals surface area contributed by atoms with Crippen molar-refractivity contribution in [1.29, 1.82) is 0 Å². The third kappa shape index (κ3) is 6.37. The number of anilines is 1. The topological polar surface area (TPSA) is 27.6 Å². The molecule has 0 aromatic heterocycles. The number of hydrogen-bond acceptors (Lipinski definition) is 2. The van der Waals surface area contributed by atoms with Crippen LogP contribution < -0.4 is 5.32 Å². The first-order valence-electron chi connectivity index (χ1n) is 8.26. The highest BCUT2D eigenvalue weighted by atomic mass is 35.5. The third-order valence-electron chi connectivity index (χ3n) is 3.70. The number of hydrogen-bond donors (Lipinski definition) is 1. The van der Waals surface area contributed by atoms with Crippen LogP contribution in [0.2, 0.25) is 5.02 Å². The van der Waals surface area contributed by atoms with E-state index < -0.39 is 0 Å². The van der Waals surface area contributed by atoms with E-state index >= 15 is 0 Å². The van der Waals surface area contributed by atoms with Gasteiger partial charge in [-0.05, 0) is 64.9 Å². The summed E-state index contributed by atoms with van der Waals surface area (Å²) < 4.78 is 0. The molecule has 0 saturated carbocycles. The fourth-order valence-corrected chi connectivity index (χ4v) is 2.92. The van der Waals surface area contributed by atoms with E-state index in [-0.39, 0.29) is 5.54 Å². The Bertz CT molecular complexity index is 499. The van der Waals surface area contributed by atoms with Crippen LogP contribution in [-0.4, -0.2) is 35.9 Å². The first kappa shape index (κ1) is 17.3. The molecule has 1 aliphatic heterocycles. The molecule has 0 amide bonds. The number of benzene rings is 1. The summed E-state index contributed by atoms with van der Waals surface area (Å²) in [7, 11) is 0. The van der Waals surface area contributed by atoms with Crippen LogP contribution in [0.1, 0.15) is 46.5 Å². The van der Waals surface area contributed by atoms with E-state index in [0.717, 1.165) is 29.5 Å². The lowest BCUT2D eigenvalue weighted by Gasteiger charge is -2.27. The van der Waals surface area contributed by atoms with Gasteiger partial charge in [-0.3, -0.25) is 4.99 Å². The zero-order chi connectivity index (χ0) is 16.0. The van der Waals surface area contributed by atoms with Crippen molar-refractivity contribution >= 4 is 23.1 Å². The van der Waals surface area contributed by atoms with Crippen LogP contribution in [0.3, 0.4) is 0 Å². The van der Waals surface area contributed by atoms with Crippen LogP contribution >= 0.6 is 11.6 Å². The molecule has 1 heterocycles. The lowest BCUT2D eigenvalue weighted by Crippen LogP contribution is -2.33. The second-order valence-corrected chi connectivity index (χ2v) is 7.45. The van der Waals surface area contributed by atoms with Gasteiger partial charge in [0.1, 0.15) is 5.84 Å². The molecule has 2 rings (SSSR count). The molecule has 1 aliphatic rings. The van der Waals surface area contributed by atoms with Gasteiger partial charge in [-0.2, -0.15) is 0 Å². The highest BCUT2D eigenvalue weighted by Crippen LogP contribution is 2.17. The summed E-state index contributed by atoms with van der Waals surface area (Å²) in [5.41, 5.74) is 0.928. The maximum atomic E-state index is 6.07. The first-order valence-corrected chi connectivity index (χ1v) is 8.64. The van der Waals surface area contributed by atoms with Crippen LogP contribution in [0.15, 0.2) is 29.3 Å². The Balaban J connectivity index is 2.01. The predicted octanol–water partition coefficient (Wildman–Crippen LogP) is 4.82. The van der Waals surface area contributed by atoms with Gasteiger partial charge in [0.15, 0.2) is 0 Å². The summed E-state index contributed by atoms with van der Waals surface area (Å²) in [4.78, 5) is 7.40. The molecule has 1 saturated heterocycles. The van der Waals surface area contributed by atoms with Crippen LogP contribution in [0.25, 0.3) is 0 Å². The molecule has 0 unspecified atom stereocenters. The number of rotatable bonds is 4. The summed E-state index contributed by atoms with van der Waals surface area (Å²) in [5, 5.41) is 4.20. The van der Waals surface area contributed by atoms with E-state index in [1.54, 1.807) is 0 Å². The maximum Gasteiger partial charge on any atom is 0.103 e. The lowest BCUT2D eigenvalue weighted by molar-refractivity contribution is 0.235. The number of piperidine rings is 1. The molecule has 4 heteroatoms. The van der Waals surface area contributed by atoms with E-state index in [4.69, 9.17) is 16.6 Å². The molecule has 1 N–H and O–H groups in total. The Morgan fingerprint density at radius 1 is 1.23 bits per heavy atom. The van der Waals surface area contributed by atoms with Gasteiger partial charge in [0.2, 0.25) is 0 Å². The average Bonchev–Trinajstić information content (AvgIpc) is 2.44. The fourth-order valence-electron chi connectivity index (χ4n) is 2.73. The predicted molar refractivity (Wildman–Crippen MR) is 97.2 cm³/mol. The minimum atomic E-state index is -0.0805. The average molecular weight is 322 g/mol. The van der Waals surface area contributed by atoms with Crippen molar-refractivity contribution in [2.75, 3.05) is 25.0 Å². The standard InChI is InChI=1S/C18H28ClN3/c1-18(2,3)21-17(10-13-22-11-5-4-6-12-22)20-16-9-7-8-15(19)14-16/h7-9,14H,4-6,10-13H2,1-3H3,(H,20,21). The Morgan fingerprint density at radius 3 is 2.59 bits per heavy atom. The molecular formula is C18H28ClN3. The highest BCUT2D eigenvalue weighted by Gasteiger charge is 2.14. The monoisotopic (exact) mass is 321 g/mol. The van der Waals surface area contributed by atoms with E-state index in [2.05, 4.69) is 31.0 Å². The largest absolute Gasteiger partial charge is 0.344 e. The molecule has 1 fully saturated rings. The third-order valence-corrected chi connectivity index (χ3v) is 3.93. The maximum absolute atomic E-state index is 6.07. The minimum Gasteiger partial charge on any atom is -0.344 e. The summed E-state index contributed by atoms with van der Waals surface area (Å²) in [6.45, 7) is 9.91. The van der Waals surface area contributed by atoms with Crippen LogP contribution in [-0.2, 0) is 0 Å². The summed E-state index contributed by atoms with van der Waals surface area (Å²) in [6.07, 6.45) is 4.98. The molecule has 0 radical (unpaired) electrons. The molecule has 1 aromatic carbocycles. The fraction of sp³-hybridized carbons (Fsp3) is 0.611. The second kappa shape index (κ2) is 7.98. The number of nitrogens with one attached hydrogen (secondary N) is 1. The Labute approximate surface area is 139 Å². The van der Waals surface area contributed by atoms with Gasteiger partial charge in [-0.1, -0.05) is 24.1 Å². The van der Waals surface area contributed by atoms with Crippen molar-refractivity contribution in [3.05, 3.63) is 29.3 Å². The normalized spacial score (nSPS) is 17.5. The molecule has 1 aromatic rings. The molecular weight excluding hydrogens is 294 g/mol. The van der Waals surface area contributed by atoms with Gasteiger partial charge in [0, 0.05) is 23.7 Å². The lowest BCUT2D eigenvalue weighted by atomic mass is 10.1. The van der Waals surface area contributed by atoms with Crippen molar-refractivity contribution in [3.63, 3.8) is 0 Å². The Kier molecular flexibility index (Phi) is 6.27. The molecule has 0 atom stereocenters. The highest BCUT2D eigenvalue weighted by molar-refractivity contribution is 6.30. The Hall–Kier alpha value is -1.06. The van der Waals surface area contributed by atoms with E-state index in [1.165, 1.54) is 32.4 Å². The van der Waals surface area contributed by atoms with Gasteiger partial charge in [-0.25, -0.2) is 0 Å². The van der Waals surface area contributed by atoms with E-state index in [0.29, 0.717) is 0 Å². The zero-order valence-corrected chi connectivity index (χ0v) is 14.8.